The van der Waals surface area contributed by atoms with E-state index in [2.05, 4.69) is 20.5 Å². The van der Waals surface area contributed by atoms with Gasteiger partial charge in [-0.15, -0.1) is 21.5 Å². The van der Waals surface area contributed by atoms with Crippen LogP contribution in [0.4, 0.5) is 5.13 Å². The highest BCUT2D eigenvalue weighted by atomic mass is 32.2. The molecule has 152 valence electrons. The molecule has 7 nitrogen and oxygen atoms in total. The minimum absolute atomic E-state index is 0.138. The number of carbonyl (C=O) groups excluding carboxylic acids is 1. The van der Waals surface area contributed by atoms with Gasteiger partial charge in [-0.3, -0.25) is 9.36 Å². The van der Waals surface area contributed by atoms with Crippen molar-refractivity contribution in [2.75, 3.05) is 12.4 Å². The van der Waals surface area contributed by atoms with E-state index in [1.165, 1.54) is 23.1 Å². The number of aromatic nitrogens is 4. The van der Waals surface area contributed by atoms with E-state index in [-0.39, 0.29) is 5.91 Å². The maximum Gasteiger partial charge on any atom is 0.239 e. The third-order valence-corrected chi connectivity index (χ3v) is 6.02. The lowest BCUT2D eigenvalue weighted by atomic mass is 10.2. The van der Waals surface area contributed by atoms with E-state index in [0.29, 0.717) is 16.1 Å². The number of para-hydroxylation sites is 1. The minimum atomic E-state index is -0.390. The van der Waals surface area contributed by atoms with Crippen LogP contribution in [0.5, 0.6) is 5.75 Å². The molecule has 30 heavy (non-hydrogen) atoms. The fourth-order valence-corrected chi connectivity index (χ4v) is 4.21. The predicted molar refractivity (Wildman–Crippen MR) is 119 cm³/mol. The molecule has 0 aliphatic heterocycles. The SMILES string of the molecule is COc1cccc(-c2nnc(SC(C)C(=O)Nc3nccs3)n2-c2ccccc2)c1. The highest BCUT2D eigenvalue weighted by molar-refractivity contribution is 8.00. The number of nitrogens with one attached hydrogen (secondary N) is 1. The summed E-state index contributed by atoms with van der Waals surface area (Å²) in [7, 11) is 1.63. The number of ether oxygens (including phenoxy) is 1. The summed E-state index contributed by atoms with van der Waals surface area (Å²) in [6.45, 7) is 1.84. The highest BCUT2D eigenvalue weighted by Crippen LogP contribution is 2.31. The first kappa shape index (κ1) is 20.1. The van der Waals surface area contributed by atoms with Crippen molar-refractivity contribution in [1.29, 1.82) is 0 Å². The molecule has 0 aliphatic rings. The summed E-state index contributed by atoms with van der Waals surface area (Å²) in [4.78, 5) is 16.7. The Balaban J connectivity index is 1.68. The van der Waals surface area contributed by atoms with E-state index in [0.717, 1.165) is 17.0 Å². The zero-order chi connectivity index (χ0) is 20.9. The van der Waals surface area contributed by atoms with Gasteiger partial charge < -0.3 is 10.1 Å². The summed E-state index contributed by atoms with van der Waals surface area (Å²) >= 11 is 2.73. The summed E-state index contributed by atoms with van der Waals surface area (Å²) in [5.41, 5.74) is 1.78. The van der Waals surface area contributed by atoms with Crippen LogP contribution in [0, 0.1) is 0 Å². The molecule has 2 aromatic carbocycles. The molecule has 1 N–H and O–H groups in total. The second-order valence-corrected chi connectivity index (χ2v) is 8.50. The highest BCUT2D eigenvalue weighted by Gasteiger charge is 2.22. The lowest BCUT2D eigenvalue weighted by molar-refractivity contribution is -0.115. The predicted octanol–water partition coefficient (Wildman–Crippen LogP) is 4.52. The first-order chi connectivity index (χ1) is 14.7. The quantitative estimate of drug-likeness (QED) is 0.428. The van der Waals surface area contributed by atoms with Crippen molar-refractivity contribution in [2.24, 2.45) is 0 Å². The molecule has 1 amide bonds. The van der Waals surface area contributed by atoms with Crippen LogP contribution in [-0.2, 0) is 4.79 Å². The molecular weight excluding hydrogens is 418 g/mol. The minimum Gasteiger partial charge on any atom is -0.497 e. The number of thiazole rings is 1. The summed E-state index contributed by atoms with van der Waals surface area (Å²) in [5.74, 6) is 1.27. The number of benzene rings is 2. The van der Waals surface area contributed by atoms with Gasteiger partial charge in [-0.1, -0.05) is 42.1 Å². The number of carbonyl (C=O) groups is 1. The van der Waals surface area contributed by atoms with Gasteiger partial charge in [0.15, 0.2) is 16.1 Å². The topological polar surface area (TPSA) is 81.9 Å². The van der Waals surface area contributed by atoms with Crippen LogP contribution in [0.3, 0.4) is 0 Å². The number of amides is 1. The monoisotopic (exact) mass is 437 g/mol. The molecule has 0 saturated carbocycles. The molecule has 9 heteroatoms. The number of hydrogen-bond acceptors (Lipinski definition) is 7. The molecule has 2 heterocycles. The van der Waals surface area contributed by atoms with E-state index in [4.69, 9.17) is 4.74 Å². The van der Waals surface area contributed by atoms with Gasteiger partial charge in [-0.2, -0.15) is 0 Å². The Morgan fingerprint density at radius 2 is 2.00 bits per heavy atom. The van der Waals surface area contributed by atoms with E-state index >= 15 is 0 Å². The van der Waals surface area contributed by atoms with Gasteiger partial charge in [0, 0.05) is 22.8 Å². The molecule has 4 aromatic rings. The fourth-order valence-electron chi connectivity index (χ4n) is 2.81. The average molecular weight is 438 g/mol. The molecular formula is C21H19N5O2S2. The van der Waals surface area contributed by atoms with Crippen LogP contribution < -0.4 is 10.1 Å². The number of methoxy groups -OCH3 is 1. The van der Waals surface area contributed by atoms with Crippen LogP contribution in [0.2, 0.25) is 0 Å². The Kier molecular flexibility index (Phi) is 6.10. The average Bonchev–Trinajstić information content (AvgIpc) is 3.44. The second-order valence-electron chi connectivity index (χ2n) is 6.30. The molecule has 1 unspecified atom stereocenters. The van der Waals surface area contributed by atoms with Gasteiger partial charge in [0.1, 0.15) is 5.75 Å². The van der Waals surface area contributed by atoms with Crippen molar-refractivity contribution in [2.45, 2.75) is 17.3 Å². The molecule has 0 aliphatic carbocycles. The third kappa shape index (κ3) is 4.37. The zero-order valence-corrected chi connectivity index (χ0v) is 18.0. The maximum atomic E-state index is 12.6. The molecule has 0 radical (unpaired) electrons. The first-order valence-electron chi connectivity index (χ1n) is 9.18. The van der Waals surface area contributed by atoms with Crippen molar-refractivity contribution >= 4 is 34.1 Å². The van der Waals surface area contributed by atoms with Crippen LogP contribution in [0.1, 0.15) is 6.92 Å². The third-order valence-electron chi connectivity index (χ3n) is 4.29. The van der Waals surface area contributed by atoms with E-state index in [1.807, 2.05) is 71.5 Å². The largest absolute Gasteiger partial charge is 0.497 e. The number of nitrogens with zero attached hydrogens (tertiary/aromatic N) is 4. The molecule has 0 fully saturated rings. The molecule has 0 saturated heterocycles. The van der Waals surface area contributed by atoms with Gasteiger partial charge in [-0.25, -0.2) is 4.98 Å². The lowest BCUT2D eigenvalue weighted by Crippen LogP contribution is -2.22. The zero-order valence-electron chi connectivity index (χ0n) is 16.4. The first-order valence-corrected chi connectivity index (χ1v) is 10.9. The Morgan fingerprint density at radius 1 is 1.17 bits per heavy atom. The summed E-state index contributed by atoms with van der Waals surface area (Å²) in [5, 5.41) is 14.3. The van der Waals surface area contributed by atoms with Gasteiger partial charge in [0.05, 0.1) is 12.4 Å². The molecule has 1 atom stereocenters. The maximum absolute atomic E-state index is 12.6. The van der Waals surface area contributed by atoms with E-state index in [9.17, 15) is 4.79 Å². The van der Waals surface area contributed by atoms with Crippen molar-refractivity contribution in [3.05, 3.63) is 66.2 Å². The van der Waals surface area contributed by atoms with Gasteiger partial charge in [-0.05, 0) is 31.2 Å². The fraction of sp³-hybridized carbons (Fsp3) is 0.143. The number of thioether (sulfide) groups is 1. The normalized spacial score (nSPS) is 11.8. The van der Waals surface area contributed by atoms with Crippen LogP contribution in [-0.4, -0.2) is 38.0 Å². The van der Waals surface area contributed by atoms with Crippen molar-refractivity contribution < 1.29 is 9.53 Å². The van der Waals surface area contributed by atoms with Gasteiger partial charge >= 0.3 is 0 Å². The smallest absolute Gasteiger partial charge is 0.239 e. The lowest BCUT2D eigenvalue weighted by Gasteiger charge is -2.13. The summed E-state index contributed by atoms with van der Waals surface area (Å²) in [6.07, 6.45) is 1.66. The van der Waals surface area contributed by atoms with E-state index in [1.54, 1.807) is 13.3 Å². The van der Waals surface area contributed by atoms with Crippen molar-refractivity contribution in [1.82, 2.24) is 19.7 Å². The summed E-state index contributed by atoms with van der Waals surface area (Å²) < 4.78 is 7.31. The number of anilines is 1. The number of hydrogen-bond donors (Lipinski definition) is 1. The standard InChI is InChI=1S/C21H19N5O2S2/c1-14(19(27)23-20-22-11-12-29-20)30-21-25-24-18(15-7-6-10-17(13-15)28-2)26(21)16-8-4-3-5-9-16/h3-14H,1-2H3,(H,22,23,27). The van der Waals surface area contributed by atoms with Crippen molar-refractivity contribution in [3.8, 4) is 22.8 Å². The molecule has 0 spiro atoms. The van der Waals surface area contributed by atoms with Crippen LogP contribution >= 0.6 is 23.1 Å². The van der Waals surface area contributed by atoms with Gasteiger partial charge in [0.2, 0.25) is 5.91 Å². The number of rotatable bonds is 7. The molecule has 2 aromatic heterocycles. The Morgan fingerprint density at radius 3 is 2.73 bits per heavy atom. The Bertz CT molecular complexity index is 1130. The van der Waals surface area contributed by atoms with Gasteiger partial charge in [0.25, 0.3) is 0 Å². The second kappa shape index (κ2) is 9.10. The molecule has 0 bridgehead atoms. The Labute approximate surface area is 182 Å². The van der Waals surface area contributed by atoms with E-state index < -0.39 is 5.25 Å². The Hall–Kier alpha value is -3.17. The molecule has 4 rings (SSSR count). The van der Waals surface area contributed by atoms with Crippen LogP contribution in [0.15, 0.2) is 71.3 Å². The van der Waals surface area contributed by atoms with Crippen molar-refractivity contribution in [3.63, 3.8) is 0 Å². The van der Waals surface area contributed by atoms with Crippen LogP contribution in [0.25, 0.3) is 17.1 Å². The summed E-state index contributed by atoms with van der Waals surface area (Å²) in [6, 6.07) is 17.5.